The van der Waals surface area contributed by atoms with Crippen molar-refractivity contribution in [2.45, 2.75) is 57.7 Å². The molecule has 9 nitrogen and oxygen atoms in total. The van der Waals surface area contributed by atoms with Gasteiger partial charge in [-0.2, -0.15) is 17.6 Å². The van der Waals surface area contributed by atoms with E-state index >= 15 is 0 Å². The van der Waals surface area contributed by atoms with Gasteiger partial charge in [0.05, 0.1) is 10.6 Å². The predicted octanol–water partition coefficient (Wildman–Crippen LogP) is 4.33. The number of hydrogen-bond acceptors (Lipinski definition) is 7. The van der Waals surface area contributed by atoms with E-state index in [2.05, 4.69) is 15.3 Å². The zero-order chi connectivity index (χ0) is 28.1. The van der Waals surface area contributed by atoms with Crippen LogP contribution >= 0.6 is 0 Å². The minimum Gasteiger partial charge on any atom is -0.474 e. The van der Waals surface area contributed by atoms with E-state index in [1.165, 1.54) is 6.20 Å². The molecule has 0 saturated carbocycles. The second-order valence-electron chi connectivity index (χ2n) is 9.84. The number of ether oxygens (including phenoxy) is 1. The van der Waals surface area contributed by atoms with Gasteiger partial charge in [-0.15, -0.1) is 10.2 Å². The summed E-state index contributed by atoms with van der Waals surface area (Å²) in [6, 6.07) is 7.67. The average molecular weight is 561 g/mol. The van der Waals surface area contributed by atoms with E-state index < -0.39 is 38.8 Å². The third-order valence-corrected chi connectivity index (χ3v) is 8.14. The SMILES string of the molecule is CCn1c(N2CCc3nn(S(=O)(=O)c4ccc(C)cc4)cc3C2)nnc1C(C)(C)Oc1c(F)cc(F)cc1F. The lowest BCUT2D eigenvalue weighted by Gasteiger charge is -2.29. The fourth-order valence-corrected chi connectivity index (χ4v) is 5.76. The van der Waals surface area contributed by atoms with Crippen molar-refractivity contribution >= 4 is 16.0 Å². The molecule has 0 bridgehead atoms. The molecule has 0 N–H and O–H groups in total. The number of rotatable bonds is 7. The van der Waals surface area contributed by atoms with Gasteiger partial charge in [0.2, 0.25) is 5.95 Å². The first-order chi connectivity index (χ1) is 18.4. The van der Waals surface area contributed by atoms with Gasteiger partial charge >= 0.3 is 0 Å². The van der Waals surface area contributed by atoms with Crippen LogP contribution in [-0.4, -0.2) is 38.9 Å². The molecule has 0 amide bonds. The van der Waals surface area contributed by atoms with Crippen molar-refractivity contribution in [3.63, 3.8) is 0 Å². The van der Waals surface area contributed by atoms with Gasteiger partial charge in [-0.3, -0.25) is 4.57 Å². The number of aromatic nitrogens is 5. The van der Waals surface area contributed by atoms with E-state index in [0.717, 1.165) is 15.2 Å². The third-order valence-electron chi connectivity index (χ3n) is 6.59. The van der Waals surface area contributed by atoms with E-state index in [-0.39, 0.29) is 4.90 Å². The zero-order valence-corrected chi connectivity index (χ0v) is 22.6. The van der Waals surface area contributed by atoms with Crippen LogP contribution in [-0.2, 0) is 35.1 Å². The number of benzene rings is 2. The van der Waals surface area contributed by atoms with Gasteiger partial charge in [0, 0.05) is 49.9 Å². The minimum absolute atomic E-state index is 0.149. The Morgan fingerprint density at radius 3 is 2.36 bits per heavy atom. The Bertz CT molecular complexity index is 1620. The van der Waals surface area contributed by atoms with Gasteiger partial charge in [0.15, 0.2) is 28.8 Å². The lowest BCUT2D eigenvalue weighted by Crippen LogP contribution is -2.34. The van der Waals surface area contributed by atoms with Gasteiger partial charge in [-0.1, -0.05) is 17.7 Å². The largest absolute Gasteiger partial charge is 0.474 e. The Kier molecular flexibility index (Phi) is 6.65. The van der Waals surface area contributed by atoms with Crippen molar-refractivity contribution in [3.05, 3.63) is 82.7 Å². The number of nitrogens with zero attached hydrogens (tertiary/aromatic N) is 6. The highest BCUT2D eigenvalue weighted by Crippen LogP contribution is 2.33. The molecule has 3 heterocycles. The van der Waals surface area contributed by atoms with Crippen molar-refractivity contribution in [2.24, 2.45) is 0 Å². The summed E-state index contributed by atoms with van der Waals surface area (Å²) in [5.74, 6) is -3.28. The Morgan fingerprint density at radius 1 is 1.05 bits per heavy atom. The van der Waals surface area contributed by atoms with Crippen molar-refractivity contribution < 1.29 is 26.3 Å². The summed E-state index contributed by atoms with van der Waals surface area (Å²) in [6.45, 7) is 8.17. The summed E-state index contributed by atoms with van der Waals surface area (Å²) in [4.78, 5) is 2.08. The average Bonchev–Trinajstić information content (AvgIpc) is 3.51. The summed E-state index contributed by atoms with van der Waals surface area (Å²) in [5, 5.41) is 12.9. The molecule has 0 atom stereocenters. The van der Waals surface area contributed by atoms with E-state index in [0.29, 0.717) is 55.7 Å². The molecule has 0 radical (unpaired) electrons. The normalized spacial score (nSPS) is 14.0. The molecule has 0 aliphatic carbocycles. The summed E-state index contributed by atoms with van der Waals surface area (Å²) < 4.78 is 76.6. The van der Waals surface area contributed by atoms with Crippen LogP contribution in [0.2, 0.25) is 0 Å². The first-order valence-electron chi connectivity index (χ1n) is 12.3. The molecule has 2 aromatic carbocycles. The predicted molar refractivity (Wildman–Crippen MR) is 136 cm³/mol. The molecule has 13 heteroatoms. The standard InChI is InChI=1S/C26H27F3N6O3S/c1-5-34-24(26(3,4)38-23-20(28)12-18(27)13-21(23)29)30-31-25(34)33-11-10-22-17(14-33)15-35(32-22)39(36,37)19-8-6-16(2)7-9-19/h6-9,12-13,15H,5,10-11,14H2,1-4H3. The van der Waals surface area contributed by atoms with E-state index in [4.69, 9.17) is 4.74 Å². The monoisotopic (exact) mass is 560 g/mol. The Morgan fingerprint density at radius 2 is 1.72 bits per heavy atom. The van der Waals surface area contributed by atoms with E-state index in [1.807, 2.05) is 18.7 Å². The fourth-order valence-electron chi connectivity index (χ4n) is 4.59. The van der Waals surface area contributed by atoms with E-state index in [1.54, 1.807) is 42.7 Å². The Hall–Kier alpha value is -3.87. The highest BCUT2D eigenvalue weighted by Gasteiger charge is 2.35. The molecule has 1 aliphatic heterocycles. The van der Waals surface area contributed by atoms with Crippen LogP contribution in [0.5, 0.6) is 5.75 Å². The zero-order valence-electron chi connectivity index (χ0n) is 21.8. The molecule has 2 aromatic heterocycles. The number of anilines is 1. The van der Waals surface area contributed by atoms with Gasteiger partial charge in [-0.05, 0) is 39.8 Å². The first-order valence-corrected chi connectivity index (χ1v) is 13.8. The van der Waals surface area contributed by atoms with Crippen molar-refractivity contribution in [1.82, 2.24) is 24.0 Å². The van der Waals surface area contributed by atoms with Gasteiger partial charge in [-0.25, -0.2) is 13.2 Å². The molecule has 0 unspecified atom stereocenters. The summed E-state index contributed by atoms with van der Waals surface area (Å²) in [6.07, 6.45) is 1.99. The summed E-state index contributed by atoms with van der Waals surface area (Å²) in [7, 11) is -3.85. The summed E-state index contributed by atoms with van der Waals surface area (Å²) in [5.41, 5.74) is 1.03. The molecular formula is C26H27F3N6O3S. The van der Waals surface area contributed by atoms with Crippen LogP contribution in [0.3, 0.4) is 0 Å². The van der Waals surface area contributed by atoms with Gasteiger partial charge < -0.3 is 9.64 Å². The van der Waals surface area contributed by atoms with E-state index in [9.17, 15) is 21.6 Å². The maximum absolute atomic E-state index is 14.3. The second-order valence-corrected chi connectivity index (χ2v) is 11.6. The Balaban J connectivity index is 1.42. The van der Waals surface area contributed by atoms with Crippen molar-refractivity contribution in [1.29, 1.82) is 0 Å². The third kappa shape index (κ3) is 4.86. The first kappa shape index (κ1) is 26.7. The minimum atomic E-state index is -3.85. The molecule has 39 heavy (non-hydrogen) atoms. The van der Waals surface area contributed by atoms with Gasteiger partial charge in [0.25, 0.3) is 10.0 Å². The smallest absolute Gasteiger partial charge is 0.282 e. The molecule has 1 aliphatic rings. The van der Waals surface area contributed by atoms with Crippen LogP contribution in [0.4, 0.5) is 19.1 Å². The maximum Gasteiger partial charge on any atom is 0.282 e. The quantitative estimate of drug-likeness (QED) is 0.332. The molecular weight excluding hydrogens is 533 g/mol. The van der Waals surface area contributed by atoms with Crippen LogP contribution in [0.15, 0.2) is 47.5 Å². The molecule has 0 saturated heterocycles. The van der Waals surface area contributed by atoms with Crippen LogP contribution in [0.1, 0.15) is 43.4 Å². The molecule has 0 fully saturated rings. The lowest BCUT2D eigenvalue weighted by molar-refractivity contribution is 0.0824. The molecule has 5 rings (SSSR count). The molecule has 206 valence electrons. The van der Waals surface area contributed by atoms with Crippen LogP contribution < -0.4 is 9.64 Å². The number of aryl methyl sites for hydroxylation is 1. The topological polar surface area (TPSA) is 95.1 Å². The van der Waals surface area contributed by atoms with Crippen molar-refractivity contribution in [2.75, 3.05) is 11.4 Å². The number of halogens is 3. The summed E-state index contributed by atoms with van der Waals surface area (Å²) >= 11 is 0. The van der Waals surface area contributed by atoms with Crippen LogP contribution in [0, 0.1) is 24.4 Å². The highest BCUT2D eigenvalue weighted by molar-refractivity contribution is 7.89. The fraction of sp³-hybridized carbons (Fsp3) is 0.346. The van der Waals surface area contributed by atoms with Gasteiger partial charge in [0.1, 0.15) is 5.82 Å². The Labute approximate surface area is 223 Å². The highest BCUT2D eigenvalue weighted by atomic mass is 32.2. The number of fused-ring (bicyclic) bond motifs is 1. The second kappa shape index (κ2) is 9.70. The van der Waals surface area contributed by atoms with Crippen molar-refractivity contribution in [3.8, 4) is 5.75 Å². The van der Waals surface area contributed by atoms with Crippen LogP contribution in [0.25, 0.3) is 0 Å². The lowest BCUT2D eigenvalue weighted by atomic mass is 10.1. The molecule has 4 aromatic rings. The maximum atomic E-state index is 14.3. The number of hydrogen-bond donors (Lipinski definition) is 0. The molecule has 0 spiro atoms.